The molecule has 1 aromatic heterocycles. The van der Waals surface area contributed by atoms with Gasteiger partial charge in [-0.2, -0.15) is 0 Å². The fourth-order valence-corrected chi connectivity index (χ4v) is 2.36. The molecule has 0 radical (unpaired) electrons. The van der Waals surface area contributed by atoms with Gasteiger partial charge in [0.05, 0.1) is 5.69 Å². The zero-order valence-corrected chi connectivity index (χ0v) is 12.9. The number of amides is 1. The molecule has 104 valence electrons. The molecule has 0 saturated carbocycles. The Morgan fingerprint density at radius 3 is 2.62 bits per heavy atom. The first-order chi connectivity index (χ1) is 10.2. The third-order valence-electron chi connectivity index (χ3n) is 2.83. The average Bonchev–Trinajstić information content (AvgIpc) is 3.01. The lowest BCUT2D eigenvalue weighted by Gasteiger charge is -2.06. The van der Waals surface area contributed by atoms with Crippen LogP contribution < -0.4 is 5.32 Å². The maximum Gasteiger partial charge on any atom is 0.255 e. The van der Waals surface area contributed by atoms with E-state index in [1.807, 2.05) is 24.3 Å². The van der Waals surface area contributed by atoms with Crippen molar-refractivity contribution >= 4 is 34.2 Å². The molecule has 0 fully saturated rings. The minimum absolute atomic E-state index is 0.153. The van der Waals surface area contributed by atoms with Gasteiger partial charge in [-0.25, -0.2) is 4.68 Å². The van der Waals surface area contributed by atoms with E-state index in [1.165, 1.54) is 11.0 Å². The third kappa shape index (κ3) is 3.24. The Morgan fingerprint density at radius 1 is 1.14 bits per heavy atom. The standard InChI is InChI=1S/C14H10IN5O/c15-11-2-1-3-12(8-11)17-14(21)10-4-6-13(7-5-10)20-9-16-18-19-20/h1-9H,(H,17,21). The normalized spacial score (nSPS) is 10.3. The van der Waals surface area contributed by atoms with Gasteiger partial charge in [0.2, 0.25) is 0 Å². The molecule has 1 heterocycles. The first kappa shape index (κ1) is 13.7. The van der Waals surface area contributed by atoms with Gasteiger partial charge in [-0.15, -0.1) is 5.10 Å². The summed E-state index contributed by atoms with van der Waals surface area (Å²) in [4.78, 5) is 12.2. The van der Waals surface area contributed by atoms with Crippen LogP contribution in [0.15, 0.2) is 54.9 Å². The van der Waals surface area contributed by atoms with Gasteiger partial charge in [0.25, 0.3) is 5.91 Å². The molecule has 0 unspecified atom stereocenters. The fraction of sp³-hybridized carbons (Fsp3) is 0. The van der Waals surface area contributed by atoms with E-state index in [9.17, 15) is 4.79 Å². The van der Waals surface area contributed by atoms with Crippen molar-refractivity contribution in [3.8, 4) is 5.69 Å². The first-order valence-corrected chi connectivity index (χ1v) is 7.20. The largest absolute Gasteiger partial charge is 0.322 e. The van der Waals surface area contributed by atoms with Gasteiger partial charge in [-0.1, -0.05) is 6.07 Å². The van der Waals surface area contributed by atoms with Crippen molar-refractivity contribution in [2.75, 3.05) is 5.32 Å². The van der Waals surface area contributed by atoms with E-state index in [0.29, 0.717) is 5.56 Å². The van der Waals surface area contributed by atoms with E-state index in [-0.39, 0.29) is 5.91 Å². The predicted octanol–water partition coefficient (Wildman–Crippen LogP) is 2.52. The number of benzene rings is 2. The van der Waals surface area contributed by atoms with E-state index in [1.54, 1.807) is 24.3 Å². The maximum atomic E-state index is 12.2. The Labute approximate surface area is 134 Å². The SMILES string of the molecule is O=C(Nc1cccc(I)c1)c1ccc(-n2cnnn2)cc1. The first-order valence-electron chi connectivity index (χ1n) is 6.13. The highest BCUT2D eigenvalue weighted by Gasteiger charge is 2.07. The minimum atomic E-state index is -0.153. The summed E-state index contributed by atoms with van der Waals surface area (Å²) in [7, 11) is 0. The maximum absolute atomic E-state index is 12.2. The topological polar surface area (TPSA) is 72.7 Å². The molecule has 2 aromatic carbocycles. The Bertz CT molecular complexity index is 755. The van der Waals surface area contributed by atoms with Gasteiger partial charge in [-0.05, 0) is 75.5 Å². The van der Waals surface area contributed by atoms with Crippen molar-refractivity contribution in [1.82, 2.24) is 20.2 Å². The number of carbonyl (C=O) groups excluding carboxylic acids is 1. The highest BCUT2D eigenvalue weighted by molar-refractivity contribution is 14.1. The number of hydrogen-bond donors (Lipinski definition) is 1. The molecule has 0 aliphatic carbocycles. The van der Waals surface area contributed by atoms with Crippen LogP contribution >= 0.6 is 22.6 Å². The predicted molar refractivity (Wildman–Crippen MR) is 86.3 cm³/mol. The van der Waals surface area contributed by atoms with Crippen LogP contribution in [0.1, 0.15) is 10.4 Å². The summed E-state index contributed by atoms with van der Waals surface area (Å²) in [5.41, 5.74) is 2.15. The number of hydrogen-bond acceptors (Lipinski definition) is 4. The van der Waals surface area contributed by atoms with Crippen LogP contribution in [0.2, 0.25) is 0 Å². The molecule has 1 N–H and O–H groups in total. The highest BCUT2D eigenvalue weighted by Crippen LogP contribution is 2.14. The zero-order valence-electron chi connectivity index (χ0n) is 10.8. The van der Waals surface area contributed by atoms with E-state index >= 15 is 0 Å². The number of anilines is 1. The van der Waals surface area contributed by atoms with Crippen LogP contribution in [0.4, 0.5) is 5.69 Å². The van der Waals surface area contributed by atoms with Crippen LogP contribution in [0, 0.1) is 3.57 Å². The molecule has 0 bridgehead atoms. The summed E-state index contributed by atoms with van der Waals surface area (Å²) in [6.07, 6.45) is 1.50. The number of nitrogens with zero attached hydrogens (tertiary/aromatic N) is 4. The van der Waals surface area contributed by atoms with Crippen molar-refractivity contribution < 1.29 is 4.79 Å². The number of rotatable bonds is 3. The summed E-state index contributed by atoms with van der Waals surface area (Å²) in [5.74, 6) is -0.153. The third-order valence-corrected chi connectivity index (χ3v) is 3.50. The average molecular weight is 391 g/mol. The van der Waals surface area contributed by atoms with Gasteiger partial charge in [0, 0.05) is 14.8 Å². The fourth-order valence-electron chi connectivity index (χ4n) is 1.81. The molecule has 0 aliphatic heterocycles. The van der Waals surface area contributed by atoms with E-state index in [4.69, 9.17) is 0 Å². The summed E-state index contributed by atoms with van der Waals surface area (Å²) in [5, 5.41) is 13.8. The van der Waals surface area contributed by atoms with Crippen LogP contribution in [0.5, 0.6) is 0 Å². The molecule has 0 spiro atoms. The molecule has 21 heavy (non-hydrogen) atoms. The van der Waals surface area contributed by atoms with Crippen LogP contribution in [0.25, 0.3) is 5.69 Å². The quantitative estimate of drug-likeness (QED) is 0.697. The van der Waals surface area contributed by atoms with Crippen molar-refractivity contribution in [3.05, 3.63) is 64.0 Å². The van der Waals surface area contributed by atoms with Crippen LogP contribution in [0.3, 0.4) is 0 Å². The number of halogens is 1. The van der Waals surface area contributed by atoms with Crippen LogP contribution in [-0.4, -0.2) is 26.1 Å². The number of nitrogens with one attached hydrogen (secondary N) is 1. The molecule has 7 heteroatoms. The number of aromatic nitrogens is 4. The lowest BCUT2D eigenvalue weighted by atomic mass is 10.2. The molecular weight excluding hydrogens is 381 g/mol. The van der Waals surface area contributed by atoms with Crippen LogP contribution in [-0.2, 0) is 0 Å². The molecule has 0 aliphatic rings. The van der Waals surface area contributed by atoms with E-state index in [2.05, 4.69) is 43.4 Å². The molecule has 1 amide bonds. The second-order valence-corrected chi connectivity index (χ2v) is 5.51. The Kier molecular flexibility index (Phi) is 3.91. The van der Waals surface area contributed by atoms with E-state index in [0.717, 1.165) is 14.9 Å². The van der Waals surface area contributed by atoms with Gasteiger partial charge in [0.15, 0.2) is 0 Å². The van der Waals surface area contributed by atoms with Crippen molar-refractivity contribution in [2.45, 2.75) is 0 Å². The van der Waals surface area contributed by atoms with Crippen molar-refractivity contribution in [3.63, 3.8) is 0 Å². The molecule has 3 aromatic rings. The van der Waals surface area contributed by atoms with Crippen molar-refractivity contribution in [2.24, 2.45) is 0 Å². The summed E-state index contributed by atoms with van der Waals surface area (Å²) in [6.45, 7) is 0. The molecule has 6 nitrogen and oxygen atoms in total. The second kappa shape index (κ2) is 6.00. The van der Waals surface area contributed by atoms with Crippen molar-refractivity contribution in [1.29, 1.82) is 0 Å². The molecular formula is C14H10IN5O. The highest BCUT2D eigenvalue weighted by atomic mass is 127. The molecule has 0 atom stereocenters. The summed E-state index contributed by atoms with van der Waals surface area (Å²) in [6, 6.07) is 14.7. The number of tetrazole rings is 1. The number of carbonyl (C=O) groups is 1. The Morgan fingerprint density at radius 2 is 1.95 bits per heavy atom. The minimum Gasteiger partial charge on any atom is -0.322 e. The lowest BCUT2D eigenvalue weighted by molar-refractivity contribution is 0.102. The summed E-state index contributed by atoms with van der Waals surface area (Å²) >= 11 is 2.20. The van der Waals surface area contributed by atoms with Gasteiger partial charge in [0.1, 0.15) is 6.33 Å². The lowest BCUT2D eigenvalue weighted by Crippen LogP contribution is -2.12. The van der Waals surface area contributed by atoms with Gasteiger partial charge < -0.3 is 5.32 Å². The smallest absolute Gasteiger partial charge is 0.255 e. The monoisotopic (exact) mass is 391 g/mol. The Hall–Kier alpha value is -2.29. The molecule has 3 rings (SSSR count). The zero-order chi connectivity index (χ0) is 14.7. The Balaban J connectivity index is 1.76. The molecule has 0 saturated heterocycles. The van der Waals surface area contributed by atoms with Gasteiger partial charge >= 0.3 is 0 Å². The van der Waals surface area contributed by atoms with Gasteiger partial charge in [-0.3, -0.25) is 4.79 Å². The van der Waals surface area contributed by atoms with E-state index < -0.39 is 0 Å². The summed E-state index contributed by atoms with van der Waals surface area (Å²) < 4.78 is 2.60. The second-order valence-electron chi connectivity index (χ2n) is 4.27.